The van der Waals surface area contributed by atoms with Crippen LogP contribution in [0.2, 0.25) is 0 Å². The molecule has 0 bridgehead atoms. The summed E-state index contributed by atoms with van der Waals surface area (Å²) >= 11 is 0. The molecule has 216 valence electrons. The quantitative estimate of drug-likeness (QED) is 0.222. The number of rotatable bonds is 9. The number of H-pyrrole nitrogens is 1. The summed E-state index contributed by atoms with van der Waals surface area (Å²) in [7, 11) is 4.69. The molecule has 0 saturated heterocycles. The standard InChI is InChI=1S/C33H32FN3O5/c1-40-28-15-19-11-12-37-27(29(19)32(42-3)31(28)41-2)16-25(30(37)20-7-6-8-22(34)13-20)33(39)36-23(18-38)14-21-17-35-26-10-5-4-9-24(21)26/h4-10,13,15-17,23,35,38H,11-12,14,18H2,1-3H3,(H,36,39)/t23-/m1/s1. The minimum Gasteiger partial charge on any atom is -0.493 e. The number of carbonyl (C=O) groups is 1. The molecule has 0 saturated carbocycles. The molecule has 1 aliphatic rings. The maximum absolute atomic E-state index is 14.5. The van der Waals surface area contributed by atoms with Gasteiger partial charge in [-0.1, -0.05) is 30.3 Å². The number of methoxy groups -OCH3 is 3. The lowest BCUT2D eigenvalue weighted by molar-refractivity contribution is 0.0917. The number of nitrogens with zero attached hydrogens (tertiary/aromatic N) is 1. The van der Waals surface area contributed by atoms with Gasteiger partial charge in [-0.2, -0.15) is 0 Å². The summed E-state index contributed by atoms with van der Waals surface area (Å²) in [5, 5.41) is 14.3. The van der Waals surface area contributed by atoms with Gasteiger partial charge in [0.1, 0.15) is 5.82 Å². The van der Waals surface area contributed by atoms with E-state index in [0.29, 0.717) is 53.5 Å². The van der Waals surface area contributed by atoms with Gasteiger partial charge in [-0.15, -0.1) is 0 Å². The number of aryl methyl sites for hydroxylation is 1. The number of hydrogen-bond acceptors (Lipinski definition) is 5. The van der Waals surface area contributed by atoms with Crippen LogP contribution in [0, 0.1) is 5.82 Å². The molecule has 0 unspecified atom stereocenters. The number of aromatic amines is 1. The predicted molar refractivity (Wildman–Crippen MR) is 159 cm³/mol. The normalized spacial score (nSPS) is 12.9. The van der Waals surface area contributed by atoms with Gasteiger partial charge in [-0.05, 0) is 54.3 Å². The van der Waals surface area contributed by atoms with E-state index in [-0.39, 0.29) is 12.5 Å². The van der Waals surface area contributed by atoms with Crippen molar-refractivity contribution >= 4 is 16.8 Å². The molecule has 0 fully saturated rings. The maximum atomic E-state index is 14.5. The van der Waals surface area contributed by atoms with Gasteiger partial charge in [0.2, 0.25) is 5.75 Å². The largest absolute Gasteiger partial charge is 0.493 e. The molecule has 1 amide bonds. The average molecular weight is 570 g/mol. The van der Waals surface area contributed by atoms with Crippen LogP contribution in [0.25, 0.3) is 33.4 Å². The molecule has 0 aliphatic carbocycles. The van der Waals surface area contributed by atoms with E-state index in [9.17, 15) is 14.3 Å². The molecule has 1 atom stereocenters. The smallest absolute Gasteiger partial charge is 0.253 e. The highest BCUT2D eigenvalue weighted by molar-refractivity contribution is 6.03. The lowest BCUT2D eigenvalue weighted by Gasteiger charge is -2.25. The third kappa shape index (κ3) is 4.65. The van der Waals surface area contributed by atoms with E-state index in [1.807, 2.05) is 47.2 Å². The van der Waals surface area contributed by atoms with E-state index in [2.05, 4.69) is 10.3 Å². The summed E-state index contributed by atoms with van der Waals surface area (Å²) in [5.41, 5.74) is 6.04. The molecule has 0 radical (unpaired) electrons. The molecule has 9 heteroatoms. The molecule has 2 aromatic heterocycles. The predicted octanol–water partition coefficient (Wildman–Crippen LogP) is 5.36. The van der Waals surface area contributed by atoms with E-state index in [1.165, 1.54) is 12.1 Å². The van der Waals surface area contributed by atoms with Crippen molar-refractivity contribution in [2.75, 3.05) is 27.9 Å². The van der Waals surface area contributed by atoms with E-state index in [1.54, 1.807) is 33.5 Å². The van der Waals surface area contributed by atoms with Crippen LogP contribution in [0.1, 0.15) is 21.5 Å². The Morgan fingerprint density at radius 3 is 2.60 bits per heavy atom. The molecule has 5 aromatic rings. The number of ether oxygens (including phenoxy) is 3. The number of fused-ring (bicyclic) bond motifs is 4. The first kappa shape index (κ1) is 27.4. The Morgan fingerprint density at radius 1 is 1.05 bits per heavy atom. The lowest BCUT2D eigenvalue weighted by Crippen LogP contribution is -2.39. The van der Waals surface area contributed by atoms with Crippen LogP contribution >= 0.6 is 0 Å². The molecule has 42 heavy (non-hydrogen) atoms. The fraction of sp³-hybridized carbons (Fsp3) is 0.242. The summed E-state index contributed by atoms with van der Waals surface area (Å²) < 4.78 is 33.5. The lowest BCUT2D eigenvalue weighted by atomic mass is 9.96. The monoisotopic (exact) mass is 569 g/mol. The second kappa shape index (κ2) is 11.3. The van der Waals surface area contributed by atoms with Crippen molar-refractivity contribution in [3.05, 3.63) is 89.4 Å². The minimum atomic E-state index is -0.542. The summed E-state index contributed by atoms with van der Waals surface area (Å²) in [6.07, 6.45) is 2.97. The molecule has 3 heterocycles. The second-order valence-corrected chi connectivity index (χ2v) is 10.3. The van der Waals surface area contributed by atoms with Crippen molar-refractivity contribution < 1.29 is 28.5 Å². The zero-order valence-corrected chi connectivity index (χ0v) is 23.7. The summed E-state index contributed by atoms with van der Waals surface area (Å²) in [4.78, 5) is 17.2. The van der Waals surface area contributed by atoms with Gasteiger partial charge in [0.05, 0.1) is 50.9 Å². The van der Waals surface area contributed by atoms with E-state index in [0.717, 1.165) is 33.3 Å². The topological polar surface area (TPSA) is 97.7 Å². The fourth-order valence-electron chi connectivity index (χ4n) is 6.02. The third-order valence-electron chi connectivity index (χ3n) is 7.91. The number of hydrogen-bond donors (Lipinski definition) is 3. The van der Waals surface area contributed by atoms with Gasteiger partial charge in [0, 0.05) is 34.8 Å². The van der Waals surface area contributed by atoms with Crippen LogP contribution in [-0.4, -0.2) is 54.5 Å². The van der Waals surface area contributed by atoms with Gasteiger partial charge in [0.15, 0.2) is 11.5 Å². The van der Waals surface area contributed by atoms with Gasteiger partial charge in [-0.25, -0.2) is 4.39 Å². The molecule has 3 N–H and O–H groups in total. The van der Waals surface area contributed by atoms with Gasteiger partial charge < -0.3 is 34.2 Å². The first-order valence-corrected chi connectivity index (χ1v) is 13.8. The average Bonchev–Trinajstić information content (AvgIpc) is 3.61. The number of para-hydroxylation sites is 1. The Balaban J connectivity index is 1.45. The van der Waals surface area contributed by atoms with Gasteiger partial charge in [-0.3, -0.25) is 4.79 Å². The van der Waals surface area contributed by atoms with Gasteiger partial charge in [0.25, 0.3) is 5.91 Å². The minimum absolute atomic E-state index is 0.248. The van der Waals surface area contributed by atoms with Crippen LogP contribution in [0.4, 0.5) is 4.39 Å². The van der Waals surface area contributed by atoms with Crippen LogP contribution in [0.3, 0.4) is 0 Å². The van der Waals surface area contributed by atoms with Crippen LogP contribution in [0.5, 0.6) is 17.2 Å². The number of benzene rings is 3. The van der Waals surface area contributed by atoms with Crippen LogP contribution in [0.15, 0.2) is 66.9 Å². The first-order chi connectivity index (χ1) is 20.5. The van der Waals surface area contributed by atoms with E-state index >= 15 is 0 Å². The maximum Gasteiger partial charge on any atom is 0.253 e. The number of halogens is 1. The number of nitrogens with one attached hydrogen (secondary N) is 2. The zero-order valence-electron chi connectivity index (χ0n) is 23.7. The number of aliphatic hydroxyl groups is 1. The number of aromatic nitrogens is 2. The Bertz CT molecular complexity index is 1790. The number of aliphatic hydroxyl groups excluding tert-OH is 1. The van der Waals surface area contributed by atoms with E-state index < -0.39 is 11.9 Å². The van der Waals surface area contributed by atoms with Crippen molar-refractivity contribution in [2.24, 2.45) is 0 Å². The second-order valence-electron chi connectivity index (χ2n) is 10.3. The zero-order chi connectivity index (χ0) is 29.4. The molecule has 1 aliphatic heterocycles. The third-order valence-corrected chi connectivity index (χ3v) is 7.91. The highest BCUT2D eigenvalue weighted by Gasteiger charge is 2.32. The Morgan fingerprint density at radius 2 is 1.86 bits per heavy atom. The van der Waals surface area contributed by atoms with Crippen molar-refractivity contribution in [3.8, 4) is 39.8 Å². The molecule has 8 nitrogen and oxygen atoms in total. The Kier molecular flexibility index (Phi) is 7.34. The summed E-state index contributed by atoms with van der Waals surface area (Å²) in [6.45, 7) is 0.306. The molecule has 0 spiro atoms. The highest BCUT2D eigenvalue weighted by atomic mass is 19.1. The molecule has 6 rings (SSSR count). The summed E-state index contributed by atoms with van der Waals surface area (Å²) in [5.74, 6) is 0.735. The summed E-state index contributed by atoms with van der Waals surface area (Å²) in [6, 6.07) is 17.3. The number of amides is 1. The molecular formula is C33H32FN3O5. The number of carbonyl (C=O) groups excluding carboxylic acids is 1. The Hall–Kier alpha value is -4.76. The fourth-order valence-corrected chi connectivity index (χ4v) is 6.02. The van der Waals surface area contributed by atoms with Crippen molar-refractivity contribution in [1.82, 2.24) is 14.9 Å². The van der Waals surface area contributed by atoms with Crippen molar-refractivity contribution in [2.45, 2.75) is 25.4 Å². The van der Waals surface area contributed by atoms with Crippen LogP contribution < -0.4 is 19.5 Å². The van der Waals surface area contributed by atoms with Crippen LogP contribution in [-0.2, 0) is 19.4 Å². The molecule has 3 aromatic carbocycles. The van der Waals surface area contributed by atoms with Crippen molar-refractivity contribution in [1.29, 1.82) is 0 Å². The van der Waals surface area contributed by atoms with Crippen molar-refractivity contribution in [3.63, 3.8) is 0 Å². The first-order valence-electron chi connectivity index (χ1n) is 13.8. The SMILES string of the molecule is COc1cc2c(c(OC)c1OC)-c1cc(C(=O)N[C@@H](CO)Cc3c[nH]c4ccccc34)c(-c3cccc(F)c3)n1CC2. The van der Waals surface area contributed by atoms with E-state index in [4.69, 9.17) is 14.2 Å². The van der Waals surface area contributed by atoms with Gasteiger partial charge >= 0.3 is 0 Å². The highest BCUT2D eigenvalue weighted by Crippen LogP contribution is 2.50. The molecular weight excluding hydrogens is 537 g/mol. The Labute approximate surface area is 242 Å².